The molecule has 0 saturated heterocycles. The first-order valence-electron chi connectivity index (χ1n) is 6.16. The van der Waals surface area contributed by atoms with Crippen LogP contribution in [0.4, 0.5) is 11.5 Å². The fourth-order valence-corrected chi connectivity index (χ4v) is 2.12. The van der Waals surface area contributed by atoms with E-state index >= 15 is 0 Å². The summed E-state index contributed by atoms with van der Waals surface area (Å²) in [6.45, 7) is 0.665. The fourth-order valence-electron chi connectivity index (χ4n) is 1.63. The molecule has 0 unspecified atom stereocenters. The molecule has 0 aromatic carbocycles. The van der Waals surface area contributed by atoms with E-state index < -0.39 is 16.6 Å². The van der Waals surface area contributed by atoms with Crippen LogP contribution in [0, 0.1) is 10.1 Å². The maximum Gasteiger partial charge on any atom is 0.342 e. The van der Waals surface area contributed by atoms with Crippen LogP contribution in [-0.4, -0.2) is 39.5 Å². The average molecular weight is 299 g/mol. The minimum Gasteiger partial charge on any atom is -0.477 e. The second-order valence-electron chi connectivity index (χ2n) is 4.13. The van der Waals surface area contributed by atoms with Gasteiger partial charge in [-0.15, -0.1) is 0 Å². The van der Waals surface area contributed by atoms with Gasteiger partial charge in [0, 0.05) is 12.6 Å². The lowest BCUT2D eigenvalue weighted by Gasteiger charge is -2.06. The first-order chi connectivity index (χ1) is 9.56. The van der Waals surface area contributed by atoms with Crippen LogP contribution in [0.5, 0.6) is 0 Å². The van der Waals surface area contributed by atoms with Crippen molar-refractivity contribution in [3.63, 3.8) is 0 Å². The van der Waals surface area contributed by atoms with E-state index in [1.54, 1.807) is 11.8 Å². The molecule has 2 N–H and O–H groups in total. The van der Waals surface area contributed by atoms with Gasteiger partial charge in [0.2, 0.25) is 0 Å². The number of pyridine rings is 1. The summed E-state index contributed by atoms with van der Waals surface area (Å²) < 4.78 is 0. The van der Waals surface area contributed by atoms with Crippen molar-refractivity contribution in [1.29, 1.82) is 0 Å². The first-order valence-corrected chi connectivity index (χ1v) is 7.56. The minimum absolute atomic E-state index is 0.345. The van der Waals surface area contributed by atoms with Crippen LogP contribution in [0.3, 0.4) is 0 Å². The molecule has 1 heterocycles. The third-order valence-corrected chi connectivity index (χ3v) is 3.34. The van der Waals surface area contributed by atoms with E-state index in [9.17, 15) is 14.9 Å². The lowest BCUT2D eigenvalue weighted by molar-refractivity contribution is -0.385. The lowest BCUT2D eigenvalue weighted by atomic mass is 10.2. The summed E-state index contributed by atoms with van der Waals surface area (Å²) in [6, 6.07) is 1.20. The second-order valence-corrected chi connectivity index (χ2v) is 5.11. The number of hydrogen-bond acceptors (Lipinski definition) is 6. The predicted molar refractivity (Wildman–Crippen MR) is 78.6 cm³/mol. The van der Waals surface area contributed by atoms with E-state index in [1.165, 1.54) is 6.07 Å². The van der Waals surface area contributed by atoms with Crippen molar-refractivity contribution >= 4 is 29.2 Å². The number of nitrogens with one attached hydrogen (secondary N) is 1. The van der Waals surface area contributed by atoms with Crippen LogP contribution in [0.15, 0.2) is 12.3 Å². The number of aromatic nitrogens is 1. The monoisotopic (exact) mass is 299 g/mol. The summed E-state index contributed by atoms with van der Waals surface area (Å²) in [5.41, 5.74) is -0.849. The molecule has 0 amide bonds. The third-order valence-electron chi connectivity index (χ3n) is 2.64. The number of rotatable bonds is 9. The molecule has 1 aromatic rings. The molecule has 0 aliphatic rings. The zero-order valence-corrected chi connectivity index (χ0v) is 12.0. The molecule has 1 aromatic heterocycles. The smallest absolute Gasteiger partial charge is 0.342 e. The molecule has 0 spiro atoms. The van der Waals surface area contributed by atoms with E-state index in [1.807, 2.05) is 0 Å². The summed E-state index contributed by atoms with van der Waals surface area (Å²) in [5.74, 6) is 0.138. The number of carboxylic acids is 1. The predicted octanol–water partition coefficient (Wildman–Crippen LogP) is 2.63. The van der Waals surface area contributed by atoms with Gasteiger partial charge in [-0.3, -0.25) is 10.1 Å². The number of nitro groups is 1. The molecule has 0 aliphatic carbocycles. The molecule has 0 fully saturated rings. The van der Waals surface area contributed by atoms with Crippen molar-refractivity contribution in [3.8, 4) is 0 Å². The third kappa shape index (κ3) is 5.04. The van der Waals surface area contributed by atoms with Gasteiger partial charge in [-0.1, -0.05) is 6.42 Å². The SMILES string of the molecule is CSCCCCCNc1cc(C(=O)O)c([N+](=O)[O-])cn1. The van der Waals surface area contributed by atoms with E-state index in [-0.39, 0.29) is 5.56 Å². The average Bonchev–Trinajstić information content (AvgIpc) is 2.42. The molecule has 7 nitrogen and oxygen atoms in total. The summed E-state index contributed by atoms with van der Waals surface area (Å²) in [4.78, 5) is 24.8. The van der Waals surface area contributed by atoms with Crippen LogP contribution in [-0.2, 0) is 0 Å². The Hall–Kier alpha value is -1.83. The Morgan fingerprint density at radius 2 is 2.25 bits per heavy atom. The molecule has 0 atom stereocenters. The Bertz CT molecular complexity index is 482. The van der Waals surface area contributed by atoms with Crippen molar-refractivity contribution in [3.05, 3.63) is 27.9 Å². The Balaban J connectivity index is 2.57. The number of thioether (sulfide) groups is 1. The second kappa shape index (κ2) is 8.36. The highest BCUT2D eigenvalue weighted by atomic mass is 32.2. The van der Waals surface area contributed by atoms with Gasteiger partial charge in [0.15, 0.2) is 0 Å². The van der Waals surface area contributed by atoms with Gasteiger partial charge in [0.1, 0.15) is 17.6 Å². The Kier molecular flexibility index (Phi) is 6.78. The first kappa shape index (κ1) is 16.2. The van der Waals surface area contributed by atoms with Gasteiger partial charge in [0.05, 0.1) is 4.92 Å². The number of hydrogen-bond donors (Lipinski definition) is 2. The number of nitrogens with zero attached hydrogens (tertiary/aromatic N) is 2. The Labute approximate surface area is 120 Å². The maximum atomic E-state index is 11.0. The number of carbonyl (C=O) groups is 1. The minimum atomic E-state index is -1.33. The quantitative estimate of drug-likeness (QED) is 0.410. The van der Waals surface area contributed by atoms with E-state index in [0.29, 0.717) is 12.4 Å². The van der Waals surface area contributed by atoms with Gasteiger partial charge >= 0.3 is 11.7 Å². The van der Waals surface area contributed by atoms with E-state index in [0.717, 1.165) is 31.2 Å². The zero-order chi connectivity index (χ0) is 15.0. The van der Waals surface area contributed by atoms with Gasteiger partial charge in [-0.25, -0.2) is 9.78 Å². The molecule has 0 bridgehead atoms. The van der Waals surface area contributed by atoms with Crippen molar-refractivity contribution in [1.82, 2.24) is 4.98 Å². The highest BCUT2D eigenvalue weighted by Gasteiger charge is 2.20. The molecular weight excluding hydrogens is 282 g/mol. The van der Waals surface area contributed by atoms with Crippen molar-refractivity contribution in [2.75, 3.05) is 23.9 Å². The molecule has 20 heavy (non-hydrogen) atoms. The summed E-state index contributed by atoms with van der Waals surface area (Å²) in [7, 11) is 0. The van der Waals surface area contributed by atoms with Crippen molar-refractivity contribution in [2.45, 2.75) is 19.3 Å². The van der Waals surface area contributed by atoms with Crippen LogP contribution >= 0.6 is 11.8 Å². The molecule has 0 saturated carbocycles. The van der Waals surface area contributed by atoms with E-state index in [4.69, 9.17) is 5.11 Å². The molecular formula is C12H17N3O4S. The maximum absolute atomic E-state index is 11.0. The topological polar surface area (TPSA) is 105 Å². The van der Waals surface area contributed by atoms with Crippen LogP contribution in [0.2, 0.25) is 0 Å². The molecule has 8 heteroatoms. The van der Waals surface area contributed by atoms with Crippen LogP contribution in [0.25, 0.3) is 0 Å². The number of aromatic carboxylic acids is 1. The Morgan fingerprint density at radius 1 is 1.50 bits per heavy atom. The Morgan fingerprint density at radius 3 is 2.85 bits per heavy atom. The van der Waals surface area contributed by atoms with Crippen LogP contribution < -0.4 is 5.32 Å². The van der Waals surface area contributed by atoms with Crippen molar-refractivity contribution in [2.24, 2.45) is 0 Å². The number of unbranched alkanes of at least 4 members (excludes halogenated alkanes) is 2. The molecule has 1 rings (SSSR count). The highest BCUT2D eigenvalue weighted by Crippen LogP contribution is 2.20. The molecule has 0 aliphatic heterocycles. The molecule has 0 radical (unpaired) electrons. The number of carboxylic acid groups (broad SMARTS) is 1. The van der Waals surface area contributed by atoms with Crippen molar-refractivity contribution < 1.29 is 14.8 Å². The standard InChI is InChI=1S/C12H17N3O4S/c1-20-6-4-2-3-5-13-11-7-9(12(16)17)10(8-14-11)15(18)19/h7-8H,2-6H2,1H3,(H,13,14)(H,16,17). The van der Waals surface area contributed by atoms with Gasteiger partial charge in [-0.05, 0) is 24.9 Å². The van der Waals surface area contributed by atoms with Gasteiger partial charge < -0.3 is 10.4 Å². The lowest BCUT2D eigenvalue weighted by Crippen LogP contribution is -2.08. The normalized spacial score (nSPS) is 10.2. The van der Waals surface area contributed by atoms with Crippen LogP contribution in [0.1, 0.15) is 29.6 Å². The van der Waals surface area contributed by atoms with Gasteiger partial charge in [-0.2, -0.15) is 11.8 Å². The number of anilines is 1. The van der Waals surface area contributed by atoms with Gasteiger partial charge in [0.25, 0.3) is 0 Å². The summed E-state index contributed by atoms with van der Waals surface area (Å²) in [5, 5.41) is 22.6. The zero-order valence-electron chi connectivity index (χ0n) is 11.2. The largest absolute Gasteiger partial charge is 0.477 e. The van der Waals surface area contributed by atoms with E-state index in [2.05, 4.69) is 16.6 Å². The summed E-state index contributed by atoms with van der Waals surface area (Å²) in [6.07, 6.45) is 6.19. The molecule has 110 valence electrons. The highest BCUT2D eigenvalue weighted by molar-refractivity contribution is 7.98. The fraction of sp³-hybridized carbons (Fsp3) is 0.500. The summed E-state index contributed by atoms with van der Waals surface area (Å²) >= 11 is 1.80.